The van der Waals surface area contributed by atoms with Crippen LogP contribution in [0, 0.1) is 12.8 Å². The first-order chi connectivity index (χ1) is 8.52. The molecule has 1 N–H and O–H groups in total. The molecule has 18 heavy (non-hydrogen) atoms. The van der Waals surface area contributed by atoms with Gasteiger partial charge < -0.3 is 5.32 Å². The third-order valence-electron chi connectivity index (χ3n) is 3.79. The molecule has 0 aromatic carbocycles. The molecule has 2 rings (SSSR count). The average molecular weight is 249 g/mol. The topological polar surface area (TPSA) is 39.0 Å². The summed E-state index contributed by atoms with van der Waals surface area (Å²) in [7, 11) is 0. The summed E-state index contributed by atoms with van der Waals surface area (Å²) in [5.74, 6) is 0.394. The van der Waals surface area contributed by atoms with Crippen LogP contribution in [0.15, 0.2) is 17.1 Å². The smallest absolute Gasteiger partial charge is 0.271 e. The standard InChI is InChI=1S/C14H23N3O/c1-10(2)11(3)15-9-13-12(4)16-7-5-6-8-17(16)14(13)18/h10,15H,3,5-9H2,1-2,4H3. The lowest BCUT2D eigenvalue weighted by Crippen LogP contribution is -2.28. The Morgan fingerprint density at radius 2 is 1.94 bits per heavy atom. The van der Waals surface area contributed by atoms with E-state index < -0.39 is 0 Å². The summed E-state index contributed by atoms with van der Waals surface area (Å²) in [4.78, 5) is 12.3. The van der Waals surface area contributed by atoms with Gasteiger partial charge in [-0.1, -0.05) is 20.4 Å². The molecule has 0 fully saturated rings. The van der Waals surface area contributed by atoms with Crippen LogP contribution < -0.4 is 10.9 Å². The molecule has 1 aliphatic heterocycles. The second-order valence-electron chi connectivity index (χ2n) is 5.36. The molecule has 4 heteroatoms. The van der Waals surface area contributed by atoms with Gasteiger partial charge in [0.15, 0.2) is 0 Å². The number of aromatic nitrogens is 2. The van der Waals surface area contributed by atoms with Crippen molar-refractivity contribution in [3.8, 4) is 0 Å². The van der Waals surface area contributed by atoms with Crippen LogP contribution in [0.3, 0.4) is 0 Å². The van der Waals surface area contributed by atoms with E-state index in [1.54, 1.807) is 0 Å². The third-order valence-corrected chi connectivity index (χ3v) is 3.79. The van der Waals surface area contributed by atoms with Gasteiger partial charge in [-0.3, -0.25) is 14.2 Å². The highest BCUT2D eigenvalue weighted by Gasteiger charge is 2.18. The summed E-state index contributed by atoms with van der Waals surface area (Å²) in [6.45, 7) is 12.6. The van der Waals surface area contributed by atoms with Gasteiger partial charge in [0.1, 0.15) is 0 Å². The van der Waals surface area contributed by atoms with E-state index in [4.69, 9.17) is 0 Å². The quantitative estimate of drug-likeness (QED) is 0.886. The largest absolute Gasteiger partial charge is 0.384 e. The molecule has 1 aliphatic rings. The molecule has 4 nitrogen and oxygen atoms in total. The Hall–Kier alpha value is -1.45. The van der Waals surface area contributed by atoms with Crippen LogP contribution >= 0.6 is 0 Å². The van der Waals surface area contributed by atoms with Crippen LogP contribution in [-0.2, 0) is 19.6 Å². The van der Waals surface area contributed by atoms with E-state index in [0.29, 0.717) is 12.5 Å². The van der Waals surface area contributed by atoms with Crippen molar-refractivity contribution in [1.82, 2.24) is 14.7 Å². The number of allylic oxidation sites excluding steroid dienone is 1. The number of nitrogens with zero attached hydrogens (tertiary/aromatic N) is 2. The van der Waals surface area contributed by atoms with Crippen molar-refractivity contribution < 1.29 is 0 Å². The Morgan fingerprint density at radius 1 is 1.33 bits per heavy atom. The monoisotopic (exact) mass is 249 g/mol. The van der Waals surface area contributed by atoms with Gasteiger partial charge in [-0.25, -0.2) is 0 Å². The van der Waals surface area contributed by atoms with Gasteiger partial charge in [0.2, 0.25) is 0 Å². The Balaban J connectivity index is 2.21. The first kappa shape index (κ1) is 13.0. The Kier molecular flexibility index (Phi) is 3.64. The van der Waals surface area contributed by atoms with Crippen LogP contribution in [0.5, 0.6) is 0 Å². The van der Waals surface area contributed by atoms with Crippen molar-refractivity contribution in [2.45, 2.75) is 53.2 Å². The Labute approximate surface area is 108 Å². The second kappa shape index (κ2) is 5.04. The average Bonchev–Trinajstić information content (AvgIpc) is 2.60. The molecule has 0 atom stereocenters. The maximum absolute atomic E-state index is 12.3. The van der Waals surface area contributed by atoms with Crippen molar-refractivity contribution in [3.05, 3.63) is 33.9 Å². The van der Waals surface area contributed by atoms with Crippen LogP contribution in [0.1, 0.15) is 37.9 Å². The zero-order valence-corrected chi connectivity index (χ0v) is 11.6. The first-order valence-corrected chi connectivity index (χ1v) is 6.74. The highest BCUT2D eigenvalue weighted by Crippen LogP contribution is 2.13. The molecule has 0 spiro atoms. The number of hydrogen-bond acceptors (Lipinski definition) is 2. The van der Waals surface area contributed by atoms with Crippen molar-refractivity contribution in [2.24, 2.45) is 5.92 Å². The van der Waals surface area contributed by atoms with Crippen LogP contribution in [0.25, 0.3) is 0 Å². The lowest BCUT2D eigenvalue weighted by Gasteiger charge is -2.18. The molecule has 0 saturated carbocycles. The summed E-state index contributed by atoms with van der Waals surface area (Å²) >= 11 is 0. The zero-order valence-electron chi connectivity index (χ0n) is 11.6. The Morgan fingerprint density at radius 3 is 2.50 bits per heavy atom. The molecule has 1 aromatic heterocycles. The maximum atomic E-state index is 12.3. The van der Waals surface area contributed by atoms with E-state index in [1.165, 1.54) is 6.42 Å². The molecule has 0 saturated heterocycles. The lowest BCUT2D eigenvalue weighted by atomic mass is 10.1. The molecule has 100 valence electrons. The minimum atomic E-state index is 0.163. The molecule has 0 unspecified atom stereocenters. The molecule has 0 bridgehead atoms. The molecule has 0 amide bonds. The SMILES string of the molecule is C=C(NCc1c(C)n2n(c1=O)CCCC2)C(C)C. The fraction of sp³-hybridized carbons (Fsp3) is 0.643. The molecular formula is C14H23N3O. The van der Waals surface area contributed by atoms with Crippen LogP contribution in [0.2, 0.25) is 0 Å². The number of fused-ring (bicyclic) bond motifs is 1. The highest BCUT2D eigenvalue weighted by atomic mass is 16.1. The number of hydrogen-bond donors (Lipinski definition) is 1. The molecule has 0 aliphatic carbocycles. The molecule has 0 radical (unpaired) electrons. The lowest BCUT2D eigenvalue weighted by molar-refractivity contribution is 0.350. The molecule has 2 heterocycles. The fourth-order valence-corrected chi connectivity index (χ4v) is 2.40. The van der Waals surface area contributed by atoms with Gasteiger partial charge in [-0.15, -0.1) is 0 Å². The van der Waals surface area contributed by atoms with E-state index >= 15 is 0 Å². The summed E-state index contributed by atoms with van der Waals surface area (Å²) in [6.07, 6.45) is 2.27. The van der Waals surface area contributed by atoms with Crippen molar-refractivity contribution >= 4 is 0 Å². The highest BCUT2D eigenvalue weighted by molar-refractivity contribution is 5.19. The summed E-state index contributed by atoms with van der Waals surface area (Å²) < 4.78 is 4.01. The third kappa shape index (κ3) is 2.24. The van der Waals surface area contributed by atoms with Crippen molar-refractivity contribution in [3.63, 3.8) is 0 Å². The zero-order chi connectivity index (χ0) is 13.3. The number of rotatable bonds is 4. The number of nitrogens with one attached hydrogen (secondary N) is 1. The predicted molar refractivity (Wildman–Crippen MR) is 73.5 cm³/mol. The van der Waals surface area contributed by atoms with Gasteiger partial charge in [0, 0.05) is 31.0 Å². The summed E-state index contributed by atoms with van der Waals surface area (Å²) in [5, 5.41) is 3.27. The fourth-order valence-electron chi connectivity index (χ4n) is 2.40. The Bertz CT molecular complexity index is 508. The normalized spacial score (nSPS) is 14.7. The minimum Gasteiger partial charge on any atom is -0.384 e. The predicted octanol–water partition coefficient (Wildman–Crippen LogP) is 2.01. The van der Waals surface area contributed by atoms with Crippen molar-refractivity contribution in [1.29, 1.82) is 0 Å². The maximum Gasteiger partial charge on any atom is 0.271 e. The minimum absolute atomic E-state index is 0.163. The summed E-state index contributed by atoms with van der Waals surface area (Å²) in [5.41, 5.74) is 3.14. The van der Waals surface area contributed by atoms with Crippen LogP contribution in [0.4, 0.5) is 0 Å². The van der Waals surface area contributed by atoms with Gasteiger partial charge in [-0.05, 0) is 25.7 Å². The van der Waals surface area contributed by atoms with E-state index in [1.807, 2.05) is 11.6 Å². The second-order valence-corrected chi connectivity index (χ2v) is 5.36. The molecular weight excluding hydrogens is 226 g/mol. The van der Waals surface area contributed by atoms with Crippen LogP contribution in [-0.4, -0.2) is 9.36 Å². The van der Waals surface area contributed by atoms with E-state index in [9.17, 15) is 4.79 Å². The molecule has 1 aromatic rings. The van der Waals surface area contributed by atoms with Gasteiger partial charge in [0.25, 0.3) is 5.56 Å². The van der Waals surface area contributed by atoms with Crippen molar-refractivity contribution in [2.75, 3.05) is 0 Å². The first-order valence-electron chi connectivity index (χ1n) is 6.74. The summed E-state index contributed by atoms with van der Waals surface area (Å²) in [6, 6.07) is 0. The van der Waals surface area contributed by atoms with Gasteiger partial charge in [0.05, 0.1) is 5.56 Å². The van der Waals surface area contributed by atoms with Gasteiger partial charge >= 0.3 is 0 Å². The van der Waals surface area contributed by atoms with Gasteiger partial charge in [-0.2, -0.15) is 0 Å². The van der Waals surface area contributed by atoms with E-state index in [0.717, 1.165) is 36.5 Å². The van der Waals surface area contributed by atoms with E-state index in [2.05, 4.69) is 30.4 Å². The van der Waals surface area contributed by atoms with E-state index in [-0.39, 0.29) is 5.56 Å².